The lowest BCUT2D eigenvalue weighted by atomic mass is 9.86. The lowest BCUT2D eigenvalue weighted by Crippen LogP contribution is -2.43. The fourth-order valence-electron chi connectivity index (χ4n) is 7.85. The summed E-state index contributed by atoms with van der Waals surface area (Å²) in [5, 5.41) is 47.9. The molecule has 1 aromatic heterocycles. The Hall–Kier alpha value is -7.49. The Balaban J connectivity index is 0.858. The quantitative estimate of drug-likeness (QED) is 0.0277. The highest BCUT2D eigenvalue weighted by atomic mass is 16.6. The number of non-ortho nitro benzene ring substituents is 1. The van der Waals surface area contributed by atoms with Crippen LogP contribution >= 0.6 is 0 Å². The number of fused-ring (bicyclic) bond motifs is 2. The topological polar surface area (TPSA) is 280 Å². The molecule has 2 heterocycles. The minimum atomic E-state index is -1.17. The maximum Gasteiger partial charge on any atom is 0.322 e. The number of hydrogen-bond acceptors (Lipinski definition) is 16. The van der Waals surface area contributed by atoms with E-state index in [0.29, 0.717) is 135 Å². The van der Waals surface area contributed by atoms with Crippen LogP contribution in [-0.2, 0) is 23.8 Å². The van der Waals surface area contributed by atoms with E-state index in [-0.39, 0.29) is 40.2 Å². The number of hydrogen-bond donors (Lipinski definition) is 5. The number of carboxylic acids is 1. The molecule has 21 heteroatoms. The van der Waals surface area contributed by atoms with Gasteiger partial charge in [0.1, 0.15) is 17.7 Å². The molecule has 0 bridgehead atoms. The van der Waals surface area contributed by atoms with Gasteiger partial charge in [-0.25, -0.2) is 0 Å². The van der Waals surface area contributed by atoms with Crippen molar-refractivity contribution in [2.24, 2.45) is 5.92 Å². The van der Waals surface area contributed by atoms with E-state index in [0.717, 1.165) is 12.5 Å². The minimum Gasteiger partial charge on any atom is -0.480 e. The maximum absolute atomic E-state index is 14.2. The van der Waals surface area contributed by atoms with Crippen LogP contribution < -0.4 is 26.2 Å². The number of aliphatic carboxylic acids is 1. The third kappa shape index (κ3) is 11.2. The summed E-state index contributed by atoms with van der Waals surface area (Å²) in [6.07, 6.45) is 2.56. The third-order valence-corrected chi connectivity index (χ3v) is 11.0. The summed E-state index contributed by atoms with van der Waals surface area (Å²) in [7, 11) is 0. The van der Waals surface area contributed by atoms with Crippen LogP contribution in [-0.4, -0.2) is 116 Å². The Bertz CT molecular complexity index is 2620. The lowest BCUT2D eigenvalue weighted by Gasteiger charge is -2.34. The van der Waals surface area contributed by atoms with Crippen LogP contribution in [0, 0.1) is 26.1 Å². The molecule has 346 valence electrons. The Labute approximate surface area is 377 Å². The van der Waals surface area contributed by atoms with Gasteiger partial charge in [0.15, 0.2) is 11.5 Å². The van der Waals surface area contributed by atoms with Crippen molar-refractivity contribution >= 4 is 68.6 Å². The summed E-state index contributed by atoms with van der Waals surface area (Å²) in [6.45, 7) is 3.50. The van der Waals surface area contributed by atoms with Gasteiger partial charge in [0, 0.05) is 67.8 Å². The fraction of sp³-hybridized carbons (Fsp3) is 0.356. The predicted molar refractivity (Wildman–Crippen MR) is 240 cm³/mol. The van der Waals surface area contributed by atoms with Crippen molar-refractivity contribution in [3.8, 4) is 11.3 Å². The first-order valence-corrected chi connectivity index (χ1v) is 21.4. The molecule has 1 saturated heterocycles. The van der Waals surface area contributed by atoms with E-state index in [4.69, 9.17) is 23.8 Å². The van der Waals surface area contributed by atoms with Crippen molar-refractivity contribution in [1.29, 1.82) is 0 Å². The van der Waals surface area contributed by atoms with Crippen LogP contribution in [0.4, 0.5) is 34.1 Å². The fourth-order valence-corrected chi connectivity index (χ4v) is 7.85. The Kier molecular flexibility index (Phi) is 15.5. The van der Waals surface area contributed by atoms with Gasteiger partial charge in [-0.15, -0.1) is 0 Å². The molecule has 7 rings (SSSR count). The second kappa shape index (κ2) is 21.9. The van der Waals surface area contributed by atoms with Gasteiger partial charge < -0.3 is 50.0 Å². The average molecular weight is 909 g/mol. The van der Waals surface area contributed by atoms with Crippen molar-refractivity contribution in [1.82, 2.24) is 15.8 Å². The molecule has 4 aromatic carbocycles. The Morgan fingerprint density at radius 3 is 2.29 bits per heavy atom. The van der Waals surface area contributed by atoms with Crippen LogP contribution in [0.25, 0.3) is 22.2 Å². The number of carbonyl (C=O) groups excluding carboxylic acids is 3. The number of carbonyl (C=O) groups is 4. The molecule has 1 aliphatic carbocycles. The molecule has 1 fully saturated rings. The van der Waals surface area contributed by atoms with Crippen molar-refractivity contribution < 1.29 is 52.9 Å². The zero-order valence-corrected chi connectivity index (χ0v) is 35.7. The Morgan fingerprint density at radius 1 is 0.833 bits per heavy atom. The summed E-state index contributed by atoms with van der Waals surface area (Å²) in [4.78, 5) is 74.3. The lowest BCUT2D eigenvalue weighted by molar-refractivity contribution is -0.393. The molecular formula is C45H48N8O13. The molecule has 21 nitrogen and oxygen atoms in total. The molecular weight excluding hydrogens is 861 g/mol. The number of nitro benzene ring substituents is 2. The molecule has 0 unspecified atom stereocenters. The summed E-state index contributed by atoms with van der Waals surface area (Å²) in [5.74, 6) is -1.92. The van der Waals surface area contributed by atoms with Gasteiger partial charge >= 0.3 is 5.97 Å². The molecule has 66 heavy (non-hydrogen) atoms. The highest BCUT2D eigenvalue weighted by Gasteiger charge is 2.35. The zero-order valence-electron chi connectivity index (χ0n) is 35.7. The molecule has 0 saturated carbocycles. The minimum absolute atomic E-state index is 0.0817. The SMILES string of the molecule is O=C(O)CNC(=O)c1cccc(Nc2cc(N3CCC[C@H](C(=O)NCCCOCCOCCOCCCNc4ccc([N+](=O)[O-])cc4[N+](=O)[O-])C3)c3noc4c3c2C(=O)c2ccccc2-4)c1. The molecule has 1 aliphatic heterocycles. The second-order valence-electron chi connectivity index (χ2n) is 15.5. The number of amides is 2. The summed E-state index contributed by atoms with van der Waals surface area (Å²) in [6, 6.07) is 18.9. The summed E-state index contributed by atoms with van der Waals surface area (Å²) < 4.78 is 22.7. The highest BCUT2D eigenvalue weighted by molar-refractivity contribution is 6.29. The van der Waals surface area contributed by atoms with E-state index < -0.39 is 28.3 Å². The average Bonchev–Trinajstić information content (AvgIpc) is 3.76. The monoisotopic (exact) mass is 908 g/mol. The maximum atomic E-state index is 14.2. The number of nitrogens with zero attached hydrogens (tertiary/aromatic N) is 4. The second-order valence-corrected chi connectivity index (χ2v) is 15.5. The van der Waals surface area contributed by atoms with E-state index in [9.17, 15) is 39.4 Å². The zero-order chi connectivity index (χ0) is 46.6. The molecule has 5 N–H and O–H groups in total. The number of carboxylic acid groups (broad SMARTS) is 1. The Morgan fingerprint density at radius 2 is 1.56 bits per heavy atom. The van der Waals surface area contributed by atoms with Gasteiger partial charge in [0.25, 0.3) is 17.3 Å². The molecule has 5 aromatic rings. The van der Waals surface area contributed by atoms with Gasteiger partial charge in [-0.3, -0.25) is 39.4 Å². The van der Waals surface area contributed by atoms with E-state index in [1.807, 2.05) is 18.2 Å². The number of piperidine rings is 1. The van der Waals surface area contributed by atoms with Crippen LogP contribution in [0.5, 0.6) is 0 Å². The molecule has 2 amide bonds. The van der Waals surface area contributed by atoms with Crippen molar-refractivity contribution in [2.45, 2.75) is 25.7 Å². The first kappa shape index (κ1) is 46.5. The number of rotatable bonds is 24. The standard InChI is InChI=1S/C45H48N8O13/c54-38(55)26-48-44(57)28-7-3-9-30(23-28)49-35-25-37(41-40-39(35)42(56)32-10-1-2-11-33(32)43(40)66-50-41)51-16-4-8-29(27-51)45(58)47-15-6-18-64-20-22-65-21-19-63-17-5-14-46-34-13-12-31(52(59)60)24-36(34)53(61)62/h1-3,7,9-13,23-25,29,46,49H,4-6,8,14-22,26-27H2,(H,47,58)(H,48,57)(H,54,55)/t29-/m0/s1. The van der Waals surface area contributed by atoms with E-state index in [1.54, 1.807) is 36.4 Å². The van der Waals surface area contributed by atoms with Gasteiger partial charge in [-0.1, -0.05) is 35.5 Å². The summed E-state index contributed by atoms with van der Waals surface area (Å²) >= 11 is 0. The van der Waals surface area contributed by atoms with Crippen molar-refractivity contribution in [3.63, 3.8) is 0 Å². The largest absolute Gasteiger partial charge is 0.480 e. The molecule has 1 atom stereocenters. The normalized spacial score (nSPS) is 14.1. The predicted octanol–water partition coefficient (Wildman–Crippen LogP) is 5.69. The smallest absolute Gasteiger partial charge is 0.322 e. The van der Waals surface area contributed by atoms with Crippen LogP contribution in [0.1, 0.15) is 52.0 Å². The van der Waals surface area contributed by atoms with Gasteiger partial charge in [0.05, 0.1) is 70.6 Å². The molecule has 0 spiro atoms. The molecule has 2 aliphatic rings. The number of nitrogens with one attached hydrogen (secondary N) is 4. The first-order valence-electron chi connectivity index (χ1n) is 21.4. The van der Waals surface area contributed by atoms with E-state index >= 15 is 0 Å². The number of nitro groups is 2. The van der Waals surface area contributed by atoms with Crippen LogP contribution in [0.15, 0.2) is 77.3 Å². The molecule has 0 radical (unpaired) electrons. The van der Waals surface area contributed by atoms with Gasteiger partial charge in [0.2, 0.25) is 5.91 Å². The van der Waals surface area contributed by atoms with Crippen molar-refractivity contribution in [2.75, 3.05) is 87.9 Å². The first-order chi connectivity index (χ1) is 32.0. The number of ketones is 1. The summed E-state index contributed by atoms with van der Waals surface area (Å²) in [5.41, 5.74) is 3.25. The third-order valence-electron chi connectivity index (χ3n) is 11.0. The van der Waals surface area contributed by atoms with Crippen molar-refractivity contribution in [3.05, 3.63) is 110 Å². The number of benzene rings is 4. The number of aromatic nitrogens is 1. The number of anilines is 4. The number of ether oxygens (including phenoxy) is 3. The highest BCUT2D eigenvalue weighted by Crippen LogP contribution is 2.47. The van der Waals surface area contributed by atoms with E-state index in [2.05, 4.69) is 31.3 Å². The van der Waals surface area contributed by atoms with Gasteiger partial charge in [-0.05, 0) is 56.0 Å². The van der Waals surface area contributed by atoms with E-state index in [1.165, 1.54) is 12.1 Å². The van der Waals surface area contributed by atoms with Gasteiger partial charge in [-0.2, -0.15) is 0 Å². The van der Waals surface area contributed by atoms with Crippen LogP contribution in [0.2, 0.25) is 0 Å². The van der Waals surface area contributed by atoms with Crippen LogP contribution in [0.3, 0.4) is 0 Å².